The molecule has 5 rings (SSSR count). The van der Waals surface area contributed by atoms with Crippen molar-refractivity contribution in [3.63, 3.8) is 0 Å². The number of H-pyrrole nitrogens is 1. The summed E-state index contributed by atoms with van der Waals surface area (Å²) in [4.78, 5) is 26.2. The van der Waals surface area contributed by atoms with Crippen LogP contribution in [-0.2, 0) is 11.2 Å². The maximum atomic E-state index is 12.6. The number of nitrogens with zero attached hydrogens (tertiary/aromatic N) is 3. The van der Waals surface area contributed by atoms with Gasteiger partial charge in [0.15, 0.2) is 0 Å². The van der Waals surface area contributed by atoms with Gasteiger partial charge in [-0.15, -0.1) is 0 Å². The van der Waals surface area contributed by atoms with E-state index in [1.807, 2.05) is 0 Å². The molecule has 3 N–H and O–H groups in total. The van der Waals surface area contributed by atoms with E-state index < -0.39 is 0 Å². The van der Waals surface area contributed by atoms with Gasteiger partial charge < -0.3 is 25.3 Å². The van der Waals surface area contributed by atoms with Crippen LogP contribution in [0, 0.1) is 17.3 Å². The van der Waals surface area contributed by atoms with Gasteiger partial charge in [0.1, 0.15) is 17.3 Å². The average molecular weight is 453 g/mol. The molecule has 8 nitrogen and oxygen atoms in total. The number of allylic oxidation sites excluding steroid dienone is 1. The number of aromatic amines is 1. The quantitative estimate of drug-likeness (QED) is 0.417. The van der Waals surface area contributed by atoms with Crippen molar-refractivity contribution in [2.75, 3.05) is 38.2 Å². The van der Waals surface area contributed by atoms with Gasteiger partial charge >= 0.3 is 0 Å². The Morgan fingerprint density at radius 1 is 1.09 bits per heavy atom. The molecule has 8 heteroatoms. The van der Waals surface area contributed by atoms with Gasteiger partial charge in [0.25, 0.3) is 5.91 Å². The molecule has 3 aromatic rings. The second-order valence-electron chi connectivity index (χ2n) is 8.07. The van der Waals surface area contributed by atoms with Crippen LogP contribution < -0.4 is 5.32 Å². The molecule has 1 amide bonds. The van der Waals surface area contributed by atoms with E-state index in [9.17, 15) is 4.79 Å². The first-order valence-corrected chi connectivity index (χ1v) is 11.2. The normalized spacial score (nSPS) is 14.9. The predicted molar refractivity (Wildman–Crippen MR) is 130 cm³/mol. The maximum Gasteiger partial charge on any atom is 0.254 e. The van der Waals surface area contributed by atoms with Gasteiger partial charge in [0, 0.05) is 37.0 Å². The van der Waals surface area contributed by atoms with Crippen molar-refractivity contribution in [1.82, 2.24) is 19.9 Å². The third-order valence-corrected chi connectivity index (χ3v) is 5.74. The molecular formula is C26H24N6O2. The number of morpholine rings is 1. The molecule has 2 aliphatic heterocycles. The number of fused-ring (bicyclic) bond motifs is 1. The van der Waals surface area contributed by atoms with E-state index in [2.05, 4.69) is 38.2 Å². The number of carbonyl (C=O) groups is 1. The lowest BCUT2D eigenvalue weighted by atomic mass is 10.1. The summed E-state index contributed by atoms with van der Waals surface area (Å²) in [5.74, 6) is 7.75. The topological polar surface area (TPSA) is 107 Å². The molecule has 1 fully saturated rings. The molecule has 0 atom stereocenters. The van der Waals surface area contributed by atoms with Gasteiger partial charge in [0.2, 0.25) is 0 Å². The summed E-state index contributed by atoms with van der Waals surface area (Å²) >= 11 is 0. The number of ether oxygens (including phenoxy) is 1. The summed E-state index contributed by atoms with van der Waals surface area (Å²) in [7, 11) is 0. The number of carbonyl (C=O) groups excluding carboxylic acids is 1. The number of hydrogen-bond donors (Lipinski definition) is 3. The lowest BCUT2D eigenvalue weighted by Gasteiger charge is -2.26. The molecule has 170 valence electrons. The minimum Gasteiger partial charge on any atom is -0.378 e. The standard InChI is InChI=1S/C26H24N6O2/c27-23(19-2-4-20(5-3-19)26(33)32-11-13-34-14-12-32)7-8-24-29-17-22(31-24)6-1-18-15-21-9-10-28-25(21)30-16-18/h2-5,7-8,15-17,27H,9-14H2,(H,28,30)(H,29,31)/b8-7-,27-23?. The van der Waals surface area contributed by atoms with E-state index in [4.69, 9.17) is 10.1 Å². The Morgan fingerprint density at radius 3 is 2.71 bits per heavy atom. The Balaban J connectivity index is 1.20. The number of rotatable bonds is 4. The van der Waals surface area contributed by atoms with Crippen molar-refractivity contribution in [3.05, 3.63) is 82.6 Å². The van der Waals surface area contributed by atoms with Crippen molar-refractivity contribution in [2.24, 2.45) is 0 Å². The molecule has 1 saturated heterocycles. The van der Waals surface area contributed by atoms with Crippen LogP contribution >= 0.6 is 0 Å². The maximum absolute atomic E-state index is 12.6. The number of pyridine rings is 1. The van der Waals surface area contributed by atoms with E-state index in [0.717, 1.165) is 29.9 Å². The molecular weight excluding hydrogens is 428 g/mol. The Kier molecular flexibility index (Phi) is 6.19. The zero-order valence-corrected chi connectivity index (χ0v) is 18.6. The van der Waals surface area contributed by atoms with Crippen LogP contribution in [0.4, 0.5) is 5.82 Å². The summed E-state index contributed by atoms with van der Waals surface area (Å²) in [6.45, 7) is 3.28. The molecule has 4 heterocycles. The first-order valence-electron chi connectivity index (χ1n) is 11.2. The molecule has 0 aliphatic carbocycles. The van der Waals surface area contributed by atoms with E-state index in [0.29, 0.717) is 49.1 Å². The highest BCUT2D eigenvalue weighted by Gasteiger charge is 2.18. The highest BCUT2D eigenvalue weighted by atomic mass is 16.5. The third-order valence-electron chi connectivity index (χ3n) is 5.74. The Morgan fingerprint density at radius 2 is 1.88 bits per heavy atom. The number of hydrogen-bond acceptors (Lipinski definition) is 6. The van der Waals surface area contributed by atoms with Gasteiger partial charge in [-0.2, -0.15) is 0 Å². The van der Waals surface area contributed by atoms with Crippen LogP contribution in [-0.4, -0.2) is 64.3 Å². The van der Waals surface area contributed by atoms with Gasteiger partial charge in [0.05, 0.1) is 25.1 Å². The van der Waals surface area contributed by atoms with Gasteiger partial charge in [-0.05, 0) is 53.8 Å². The molecule has 0 radical (unpaired) electrons. The molecule has 1 aromatic carbocycles. The highest BCUT2D eigenvalue weighted by molar-refractivity contribution is 6.09. The summed E-state index contributed by atoms with van der Waals surface area (Å²) in [6.07, 6.45) is 7.82. The SMILES string of the molecule is N=C(/C=C\c1ncc(C#Cc2cnc3c(c2)CCN3)[nH]1)c1ccc(C(=O)N2CCOCC2)cc1. The lowest BCUT2D eigenvalue weighted by molar-refractivity contribution is 0.0303. The van der Waals surface area contributed by atoms with E-state index in [1.165, 1.54) is 5.56 Å². The van der Waals surface area contributed by atoms with Crippen LogP contribution in [0.15, 0.2) is 48.8 Å². The fourth-order valence-electron chi connectivity index (χ4n) is 3.87. The van der Waals surface area contributed by atoms with Crippen LogP contribution in [0.2, 0.25) is 0 Å². The van der Waals surface area contributed by atoms with Crippen molar-refractivity contribution < 1.29 is 9.53 Å². The zero-order chi connectivity index (χ0) is 23.3. The first-order chi connectivity index (χ1) is 16.7. The van der Waals surface area contributed by atoms with Gasteiger partial charge in [-0.25, -0.2) is 9.97 Å². The van der Waals surface area contributed by atoms with Gasteiger partial charge in [-0.1, -0.05) is 18.1 Å². The highest BCUT2D eigenvalue weighted by Crippen LogP contribution is 2.19. The predicted octanol–water partition coefficient (Wildman–Crippen LogP) is 2.73. The molecule has 0 spiro atoms. The number of aromatic nitrogens is 3. The lowest BCUT2D eigenvalue weighted by Crippen LogP contribution is -2.40. The summed E-state index contributed by atoms with van der Waals surface area (Å²) in [5, 5.41) is 11.6. The average Bonchev–Trinajstić information content (AvgIpc) is 3.55. The summed E-state index contributed by atoms with van der Waals surface area (Å²) in [6, 6.07) is 9.17. The zero-order valence-electron chi connectivity index (χ0n) is 18.6. The van der Waals surface area contributed by atoms with Crippen molar-refractivity contribution in [3.8, 4) is 11.8 Å². The largest absolute Gasteiger partial charge is 0.378 e. The minimum atomic E-state index is -0.00603. The minimum absolute atomic E-state index is 0.00603. The molecule has 0 unspecified atom stereocenters. The van der Waals surface area contributed by atoms with E-state index >= 15 is 0 Å². The third kappa shape index (κ3) is 4.90. The van der Waals surface area contributed by atoms with Crippen molar-refractivity contribution in [2.45, 2.75) is 6.42 Å². The van der Waals surface area contributed by atoms with Crippen molar-refractivity contribution >= 4 is 23.5 Å². The Bertz CT molecular complexity index is 1310. The molecule has 34 heavy (non-hydrogen) atoms. The van der Waals surface area contributed by atoms with Crippen LogP contribution in [0.1, 0.15) is 38.6 Å². The number of benzene rings is 1. The fraction of sp³-hybridized carbons (Fsp3) is 0.231. The Hall–Kier alpha value is -4.22. The van der Waals surface area contributed by atoms with E-state index in [-0.39, 0.29) is 5.91 Å². The van der Waals surface area contributed by atoms with Crippen LogP contribution in [0.5, 0.6) is 0 Å². The molecule has 2 aromatic heterocycles. The number of anilines is 1. The van der Waals surface area contributed by atoms with Gasteiger partial charge in [-0.3, -0.25) is 4.79 Å². The summed E-state index contributed by atoms with van der Waals surface area (Å²) < 4.78 is 5.30. The van der Waals surface area contributed by atoms with Crippen LogP contribution in [0.3, 0.4) is 0 Å². The first kappa shape index (κ1) is 21.6. The monoisotopic (exact) mass is 452 g/mol. The summed E-state index contributed by atoms with van der Waals surface area (Å²) in [5.41, 5.74) is 4.41. The number of imidazole rings is 1. The molecule has 0 saturated carbocycles. The fourth-order valence-corrected chi connectivity index (χ4v) is 3.87. The number of amides is 1. The Labute approximate surface area is 197 Å². The van der Waals surface area contributed by atoms with Crippen molar-refractivity contribution in [1.29, 1.82) is 5.41 Å². The number of nitrogens with one attached hydrogen (secondary N) is 3. The second kappa shape index (κ2) is 9.73. The molecule has 2 aliphatic rings. The van der Waals surface area contributed by atoms with Crippen LogP contribution in [0.25, 0.3) is 6.08 Å². The molecule has 0 bridgehead atoms. The smallest absolute Gasteiger partial charge is 0.254 e. The van der Waals surface area contributed by atoms with E-state index in [1.54, 1.807) is 53.7 Å². The second-order valence-corrected chi connectivity index (χ2v) is 8.07.